The minimum Gasteiger partial charge on any atom is -0.495 e. The number of nitrogens with zero attached hydrogens (tertiary/aromatic N) is 2. The van der Waals surface area contributed by atoms with Crippen LogP contribution >= 0.6 is 11.6 Å². The summed E-state index contributed by atoms with van der Waals surface area (Å²) in [6.07, 6.45) is 1.49. The summed E-state index contributed by atoms with van der Waals surface area (Å²) in [5.74, 6) is -0.674. The molecule has 0 radical (unpaired) electrons. The number of nitro benzene ring substituents is 1. The van der Waals surface area contributed by atoms with Crippen molar-refractivity contribution >= 4 is 40.9 Å². The number of benzene rings is 2. The molecule has 30 heavy (non-hydrogen) atoms. The van der Waals surface area contributed by atoms with Gasteiger partial charge < -0.3 is 9.47 Å². The third kappa shape index (κ3) is 3.77. The molecule has 0 aromatic heterocycles. The van der Waals surface area contributed by atoms with E-state index >= 15 is 0 Å². The largest absolute Gasteiger partial charge is 0.495 e. The number of amides is 1. The van der Waals surface area contributed by atoms with Crippen LogP contribution in [0.5, 0.6) is 5.75 Å². The van der Waals surface area contributed by atoms with E-state index in [1.807, 2.05) is 0 Å². The van der Waals surface area contributed by atoms with Gasteiger partial charge in [0.05, 0.1) is 41.0 Å². The molecular formula is C21H17ClN2O6. The van der Waals surface area contributed by atoms with E-state index in [2.05, 4.69) is 0 Å². The first-order valence-corrected chi connectivity index (χ1v) is 9.10. The van der Waals surface area contributed by atoms with Gasteiger partial charge in [0.15, 0.2) is 0 Å². The van der Waals surface area contributed by atoms with Crippen LogP contribution in [0.25, 0.3) is 6.08 Å². The number of nitro groups is 1. The lowest BCUT2D eigenvalue weighted by molar-refractivity contribution is -0.384. The number of rotatable bonds is 5. The highest BCUT2D eigenvalue weighted by molar-refractivity contribution is 6.32. The summed E-state index contributed by atoms with van der Waals surface area (Å²) in [4.78, 5) is 37.3. The first-order chi connectivity index (χ1) is 14.3. The smallest absolute Gasteiger partial charge is 0.340 e. The quantitative estimate of drug-likeness (QED) is 0.307. The number of non-ortho nitro benzene ring substituents is 1. The molecule has 2 aromatic rings. The first kappa shape index (κ1) is 21.1. The zero-order valence-electron chi connectivity index (χ0n) is 16.3. The van der Waals surface area contributed by atoms with E-state index in [4.69, 9.17) is 21.1 Å². The van der Waals surface area contributed by atoms with Gasteiger partial charge in [-0.2, -0.15) is 0 Å². The molecule has 8 nitrogen and oxygen atoms in total. The molecule has 1 amide bonds. The number of anilines is 1. The molecule has 3 rings (SSSR count). The molecule has 0 saturated heterocycles. The SMILES string of the molecule is COC(=O)C1=C(C)N(c2ccc(OC)c(Cl)c2)C(=O)/C1=C\c1ccc([N+](=O)[O-])cc1. The third-order valence-electron chi connectivity index (χ3n) is 4.60. The zero-order valence-corrected chi connectivity index (χ0v) is 17.1. The molecule has 1 heterocycles. The molecule has 1 aliphatic rings. The fraction of sp³-hybridized carbons (Fsp3) is 0.143. The summed E-state index contributed by atoms with van der Waals surface area (Å²) in [7, 11) is 2.71. The van der Waals surface area contributed by atoms with Crippen LogP contribution < -0.4 is 9.64 Å². The summed E-state index contributed by atoms with van der Waals surface area (Å²) in [6.45, 7) is 1.62. The second-order valence-electron chi connectivity index (χ2n) is 6.32. The number of hydrogen-bond donors (Lipinski definition) is 0. The standard InChI is InChI=1S/C21H17ClN2O6/c1-12-19(21(26)30-3)16(10-13-4-6-14(7-5-13)24(27)28)20(25)23(12)15-8-9-18(29-2)17(22)11-15/h4-11H,1-3H3/b16-10-. The van der Waals surface area contributed by atoms with E-state index < -0.39 is 16.8 Å². The monoisotopic (exact) mass is 428 g/mol. The number of allylic oxidation sites excluding steroid dienone is 1. The van der Waals surface area contributed by atoms with Crippen molar-refractivity contribution in [2.75, 3.05) is 19.1 Å². The average molecular weight is 429 g/mol. The van der Waals surface area contributed by atoms with Crippen LogP contribution in [0.2, 0.25) is 5.02 Å². The Hall–Kier alpha value is -3.65. The Morgan fingerprint density at radius 3 is 2.37 bits per heavy atom. The van der Waals surface area contributed by atoms with Gasteiger partial charge in [0.25, 0.3) is 11.6 Å². The lowest BCUT2D eigenvalue weighted by Gasteiger charge is -2.19. The van der Waals surface area contributed by atoms with Gasteiger partial charge in [-0.05, 0) is 48.9 Å². The summed E-state index contributed by atoms with van der Waals surface area (Å²) >= 11 is 6.20. The summed E-state index contributed by atoms with van der Waals surface area (Å²) in [5, 5.41) is 11.2. The Labute approximate surface area is 177 Å². The number of halogens is 1. The van der Waals surface area contributed by atoms with Crippen LogP contribution in [0.4, 0.5) is 11.4 Å². The minimum absolute atomic E-state index is 0.0793. The van der Waals surface area contributed by atoms with Crippen LogP contribution in [-0.2, 0) is 14.3 Å². The molecule has 0 spiro atoms. The molecule has 154 valence electrons. The predicted molar refractivity (Wildman–Crippen MR) is 111 cm³/mol. The fourth-order valence-corrected chi connectivity index (χ4v) is 3.40. The molecule has 2 aromatic carbocycles. The Bertz CT molecular complexity index is 1100. The van der Waals surface area contributed by atoms with Crippen molar-refractivity contribution < 1.29 is 24.0 Å². The normalized spacial score (nSPS) is 15.0. The molecule has 0 atom stereocenters. The highest BCUT2D eigenvalue weighted by atomic mass is 35.5. The van der Waals surface area contributed by atoms with Gasteiger partial charge in [-0.25, -0.2) is 4.79 Å². The van der Waals surface area contributed by atoms with Crippen LogP contribution in [0.3, 0.4) is 0 Å². The van der Waals surface area contributed by atoms with E-state index in [-0.39, 0.29) is 16.8 Å². The maximum absolute atomic E-state index is 13.2. The van der Waals surface area contributed by atoms with Gasteiger partial charge in [-0.15, -0.1) is 0 Å². The van der Waals surface area contributed by atoms with Gasteiger partial charge in [0.2, 0.25) is 0 Å². The van der Waals surface area contributed by atoms with Gasteiger partial charge in [0.1, 0.15) is 5.75 Å². The molecule has 0 aliphatic carbocycles. The van der Waals surface area contributed by atoms with Crippen molar-refractivity contribution in [1.29, 1.82) is 0 Å². The Morgan fingerprint density at radius 1 is 1.17 bits per heavy atom. The molecular weight excluding hydrogens is 412 g/mol. The van der Waals surface area contributed by atoms with Crippen LogP contribution in [-0.4, -0.2) is 31.0 Å². The van der Waals surface area contributed by atoms with E-state index in [1.165, 1.54) is 49.5 Å². The van der Waals surface area contributed by atoms with Crippen molar-refractivity contribution in [3.8, 4) is 5.75 Å². The summed E-state index contributed by atoms with van der Waals surface area (Å²) in [5.41, 5.74) is 1.49. The van der Waals surface area contributed by atoms with Crippen molar-refractivity contribution in [2.45, 2.75) is 6.92 Å². The van der Waals surface area contributed by atoms with Gasteiger partial charge in [0, 0.05) is 17.8 Å². The summed E-state index contributed by atoms with van der Waals surface area (Å²) in [6, 6.07) is 10.5. The number of carbonyl (C=O) groups is 2. The molecule has 0 fully saturated rings. The highest BCUT2D eigenvalue weighted by Crippen LogP contribution is 2.38. The van der Waals surface area contributed by atoms with Crippen LogP contribution in [0, 0.1) is 10.1 Å². The third-order valence-corrected chi connectivity index (χ3v) is 4.89. The van der Waals surface area contributed by atoms with E-state index in [9.17, 15) is 19.7 Å². The Kier molecular flexibility index (Phi) is 5.89. The molecule has 0 saturated carbocycles. The topological polar surface area (TPSA) is 99.0 Å². The van der Waals surface area contributed by atoms with Crippen molar-refractivity contribution in [3.05, 3.63) is 80.0 Å². The van der Waals surface area contributed by atoms with Crippen molar-refractivity contribution in [3.63, 3.8) is 0 Å². The highest BCUT2D eigenvalue weighted by Gasteiger charge is 2.38. The van der Waals surface area contributed by atoms with Crippen molar-refractivity contribution in [1.82, 2.24) is 0 Å². The lowest BCUT2D eigenvalue weighted by Crippen LogP contribution is -2.24. The second kappa shape index (κ2) is 8.38. The number of esters is 1. The van der Waals surface area contributed by atoms with Crippen LogP contribution in [0.1, 0.15) is 12.5 Å². The second-order valence-corrected chi connectivity index (χ2v) is 6.73. The molecule has 0 bridgehead atoms. The maximum Gasteiger partial charge on any atom is 0.340 e. The van der Waals surface area contributed by atoms with Crippen molar-refractivity contribution in [2.24, 2.45) is 0 Å². The van der Waals surface area contributed by atoms with Gasteiger partial charge >= 0.3 is 5.97 Å². The fourth-order valence-electron chi connectivity index (χ4n) is 3.14. The molecule has 0 unspecified atom stereocenters. The number of carbonyl (C=O) groups excluding carboxylic acids is 2. The van der Waals surface area contributed by atoms with E-state index in [0.717, 1.165) is 0 Å². The first-order valence-electron chi connectivity index (χ1n) is 8.72. The molecule has 0 N–H and O–H groups in total. The van der Waals surface area contributed by atoms with Gasteiger partial charge in [-0.3, -0.25) is 19.8 Å². The van der Waals surface area contributed by atoms with E-state index in [1.54, 1.807) is 25.1 Å². The predicted octanol–water partition coefficient (Wildman–Crippen LogP) is 4.13. The average Bonchev–Trinajstić information content (AvgIpc) is 2.97. The zero-order chi connectivity index (χ0) is 22.0. The summed E-state index contributed by atoms with van der Waals surface area (Å²) < 4.78 is 10.0. The number of hydrogen-bond acceptors (Lipinski definition) is 6. The van der Waals surface area contributed by atoms with Gasteiger partial charge in [-0.1, -0.05) is 11.6 Å². The lowest BCUT2D eigenvalue weighted by atomic mass is 10.0. The Balaban J connectivity index is 2.09. The van der Waals surface area contributed by atoms with E-state index in [0.29, 0.717) is 27.7 Å². The number of methoxy groups -OCH3 is 2. The maximum atomic E-state index is 13.2. The molecule has 1 aliphatic heterocycles. The molecule has 9 heteroatoms. The van der Waals surface area contributed by atoms with Crippen LogP contribution in [0.15, 0.2) is 59.3 Å². The number of ether oxygens (including phenoxy) is 2. The Morgan fingerprint density at radius 2 is 1.83 bits per heavy atom. The minimum atomic E-state index is -0.670.